The largest absolute Gasteiger partial charge is 0.491 e. The van der Waals surface area contributed by atoms with Crippen molar-refractivity contribution in [2.24, 2.45) is 0 Å². The summed E-state index contributed by atoms with van der Waals surface area (Å²) >= 11 is 0. The first-order valence-electron chi connectivity index (χ1n) is 7.24. The third kappa shape index (κ3) is 3.00. The second-order valence-corrected chi connectivity index (χ2v) is 4.87. The molecule has 1 unspecified atom stereocenters. The van der Waals surface area contributed by atoms with Crippen LogP contribution in [0.2, 0.25) is 0 Å². The van der Waals surface area contributed by atoms with Gasteiger partial charge in [-0.25, -0.2) is 0 Å². The van der Waals surface area contributed by atoms with Crippen molar-refractivity contribution in [1.29, 1.82) is 0 Å². The molecule has 6 heteroatoms. The van der Waals surface area contributed by atoms with Crippen molar-refractivity contribution in [2.45, 2.75) is 32.9 Å². The summed E-state index contributed by atoms with van der Waals surface area (Å²) in [5.74, 6) is 2.79. The molecule has 0 radical (unpaired) electrons. The molecule has 1 N–H and O–H groups in total. The van der Waals surface area contributed by atoms with Crippen molar-refractivity contribution >= 4 is 0 Å². The number of likely N-dealkylation sites (N-methyl/N-ethyl adjacent to an activating group) is 1. The third-order valence-corrected chi connectivity index (χ3v) is 3.41. The fourth-order valence-corrected chi connectivity index (χ4v) is 2.33. The first-order valence-corrected chi connectivity index (χ1v) is 7.24. The minimum atomic E-state index is 0.266. The van der Waals surface area contributed by atoms with Gasteiger partial charge in [-0.05, 0) is 18.7 Å². The molecular formula is C15H19N3O3. The Morgan fingerprint density at radius 3 is 3.05 bits per heavy atom. The fourth-order valence-electron chi connectivity index (χ4n) is 2.33. The molecule has 0 aliphatic carbocycles. The number of aryl methyl sites for hydroxylation is 1. The van der Waals surface area contributed by atoms with Crippen LogP contribution in [0.15, 0.2) is 22.7 Å². The van der Waals surface area contributed by atoms with Crippen LogP contribution < -0.4 is 14.8 Å². The van der Waals surface area contributed by atoms with Crippen LogP contribution >= 0.6 is 0 Å². The van der Waals surface area contributed by atoms with E-state index in [1.165, 1.54) is 5.56 Å². The van der Waals surface area contributed by atoms with E-state index in [9.17, 15) is 0 Å². The van der Waals surface area contributed by atoms with Gasteiger partial charge in [0.25, 0.3) is 5.89 Å². The Kier molecular flexibility index (Phi) is 4.06. The van der Waals surface area contributed by atoms with Crippen molar-refractivity contribution in [3.05, 3.63) is 35.5 Å². The summed E-state index contributed by atoms with van der Waals surface area (Å²) in [6.07, 6.45) is 0.752. The Morgan fingerprint density at radius 2 is 2.29 bits per heavy atom. The highest BCUT2D eigenvalue weighted by molar-refractivity contribution is 5.45. The molecule has 21 heavy (non-hydrogen) atoms. The molecule has 1 atom stereocenters. The van der Waals surface area contributed by atoms with E-state index in [0.29, 0.717) is 18.3 Å². The van der Waals surface area contributed by atoms with Gasteiger partial charge in [-0.15, -0.1) is 0 Å². The van der Waals surface area contributed by atoms with Gasteiger partial charge in [-0.3, -0.25) is 0 Å². The predicted octanol–water partition coefficient (Wildman–Crippen LogP) is 2.25. The zero-order valence-corrected chi connectivity index (χ0v) is 12.3. The van der Waals surface area contributed by atoms with Gasteiger partial charge in [-0.1, -0.05) is 19.0 Å². The lowest BCUT2D eigenvalue weighted by Crippen LogP contribution is -2.21. The lowest BCUT2D eigenvalue weighted by atomic mass is 10.1. The number of rotatable bonds is 6. The molecule has 2 heterocycles. The highest BCUT2D eigenvalue weighted by Crippen LogP contribution is 2.35. The number of ether oxygens (including phenoxy) is 2. The average Bonchev–Trinajstić information content (AvgIpc) is 3.12. The summed E-state index contributed by atoms with van der Waals surface area (Å²) in [6, 6.07) is 6.15. The van der Waals surface area contributed by atoms with E-state index in [-0.39, 0.29) is 12.6 Å². The zero-order chi connectivity index (χ0) is 14.7. The van der Waals surface area contributed by atoms with Gasteiger partial charge in [0.05, 0.1) is 6.04 Å². The van der Waals surface area contributed by atoms with E-state index >= 15 is 0 Å². The molecule has 0 bridgehead atoms. The lowest BCUT2D eigenvalue weighted by molar-refractivity contribution is 0.241. The fraction of sp³-hybridized carbons (Fsp3) is 0.467. The quantitative estimate of drug-likeness (QED) is 0.879. The molecular weight excluding hydrogens is 270 g/mol. The summed E-state index contributed by atoms with van der Waals surface area (Å²) < 4.78 is 16.4. The van der Waals surface area contributed by atoms with Crippen LogP contribution in [0.4, 0.5) is 0 Å². The van der Waals surface area contributed by atoms with Crippen LogP contribution in [0, 0.1) is 0 Å². The monoisotopic (exact) mass is 289 g/mol. The van der Waals surface area contributed by atoms with Gasteiger partial charge >= 0.3 is 0 Å². The van der Waals surface area contributed by atoms with Crippen LogP contribution in [0.25, 0.3) is 0 Å². The number of hydrogen-bond acceptors (Lipinski definition) is 6. The smallest absolute Gasteiger partial charge is 0.264 e. The first-order chi connectivity index (χ1) is 10.3. The number of nitrogens with one attached hydrogen (secondary N) is 1. The van der Waals surface area contributed by atoms with Gasteiger partial charge in [0.2, 0.25) is 0 Å². The Labute approximate surface area is 123 Å². The summed E-state index contributed by atoms with van der Waals surface area (Å²) in [5.41, 5.74) is 1.18. The summed E-state index contributed by atoms with van der Waals surface area (Å²) in [7, 11) is 0. The maximum atomic E-state index is 5.68. The van der Waals surface area contributed by atoms with Crippen molar-refractivity contribution in [3.63, 3.8) is 0 Å². The maximum Gasteiger partial charge on any atom is 0.264 e. The predicted molar refractivity (Wildman–Crippen MR) is 76.4 cm³/mol. The van der Waals surface area contributed by atoms with E-state index in [0.717, 1.165) is 24.5 Å². The molecule has 1 aliphatic rings. The van der Waals surface area contributed by atoms with Crippen molar-refractivity contribution < 1.29 is 14.0 Å². The molecule has 1 aromatic heterocycles. The van der Waals surface area contributed by atoms with Gasteiger partial charge in [0, 0.05) is 18.1 Å². The molecule has 3 rings (SSSR count). The van der Waals surface area contributed by atoms with E-state index in [1.807, 2.05) is 25.1 Å². The van der Waals surface area contributed by atoms with Crippen LogP contribution in [-0.4, -0.2) is 23.3 Å². The van der Waals surface area contributed by atoms with Gasteiger partial charge in [0.15, 0.2) is 12.4 Å². The zero-order valence-electron chi connectivity index (χ0n) is 12.3. The molecule has 0 amide bonds. The highest BCUT2D eigenvalue weighted by atomic mass is 16.5. The molecule has 112 valence electrons. The van der Waals surface area contributed by atoms with Gasteiger partial charge < -0.3 is 19.3 Å². The van der Waals surface area contributed by atoms with E-state index < -0.39 is 0 Å². The molecule has 6 nitrogen and oxygen atoms in total. The van der Waals surface area contributed by atoms with Crippen LogP contribution in [0.5, 0.6) is 11.5 Å². The summed E-state index contributed by atoms with van der Waals surface area (Å²) in [5, 5.41) is 7.22. The maximum absolute atomic E-state index is 5.68. The van der Waals surface area contributed by atoms with Gasteiger partial charge in [0.1, 0.15) is 18.1 Å². The van der Waals surface area contributed by atoms with Crippen LogP contribution in [0.3, 0.4) is 0 Å². The SMILES string of the molecule is CCNC1COc2cc(OCc3nc(CC)no3)ccc21. The van der Waals surface area contributed by atoms with Crippen LogP contribution in [0.1, 0.15) is 37.2 Å². The normalized spacial score (nSPS) is 16.6. The number of hydrogen-bond donors (Lipinski definition) is 1. The third-order valence-electron chi connectivity index (χ3n) is 3.41. The topological polar surface area (TPSA) is 69.4 Å². The number of benzene rings is 1. The second kappa shape index (κ2) is 6.13. The van der Waals surface area contributed by atoms with Crippen LogP contribution in [-0.2, 0) is 13.0 Å². The highest BCUT2D eigenvalue weighted by Gasteiger charge is 2.23. The summed E-state index contributed by atoms with van der Waals surface area (Å²) in [4.78, 5) is 4.21. The van der Waals surface area contributed by atoms with Crippen molar-refractivity contribution in [3.8, 4) is 11.5 Å². The van der Waals surface area contributed by atoms with Gasteiger partial charge in [-0.2, -0.15) is 4.98 Å². The number of fused-ring (bicyclic) bond motifs is 1. The molecule has 1 aromatic carbocycles. The average molecular weight is 289 g/mol. The molecule has 1 aliphatic heterocycles. The standard InChI is InChI=1S/C15H19N3O3/c1-3-14-17-15(21-18-14)9-19-10-5-6-11-12(16-4-2)8-20-13(11)7-10/h5-7,12,16H,3-4,8-9H2,1-2H3. The molecule has 0 saturated heterocycles. The Hall–Kier alpha value is -2.08. The van der Waals surface area contributed by atoms with E-state index in [1.54, 1.807) is 0 Å². The molecule has 2 aromatic rings. The van der Waals surface area contributed by atoms with Crippen molar-refractivity contribution in [2.75, 3.05) is 13.2 Å². The Bertz CT molecular complexity index is 612. The first kappa shape index (κ1) is 13.9. The summed E-state index contributed by atoms with van der Waals surface area (Å²) in [6.45, 7) is 5.92. The molecule has 0 spiro atoms. The minimum Gasteiger partial charge on any atom is -0.491 e. The number of aromatic nitrogens is 2. The number of nitrogens with zero attached hydrogens (tertiary/aromatic N) is 2. The second-order valence-electron chi connectivity index (χ2n) is 4.87. The minimum absolute atomic E-state index is 0.266. The molecule has 0 fully saturated rings. The Balaban J connectivity index is 1.65. The van der Waals surface area contributed by atoms with Crippen molar-refractivity contribution in [1.82, 2.24) is 15.5 Å². The Morgan fingerprint density at radius 1 is 1.38 bits per heavy atom. The van der Waals surface area contributed by atoms with E-state index in [2.05, 4.69) is 22.4 Å². The molecule has 0 saturated carbocycles. The lowest BCUT2D eigenvalue weighted by Gasteiger charge is -2.09. The van der Waals surface area contributed by atoms with E-state index in [4.69, 9.17) is 14.0 Å².